The van der Waals surface area contributed by atoms with Crippen molar-refractivity contribution in [3.63, 3.8) is 0 Å². The van der Waals surface area contributed by atoms with E-state index in [1.54, 1.807) is 18.2 Å². The number of para-hydroxylation sites is 1. The molecule has 2 rings (SSSR count). The van der Waals surface area contributed by atoms with Crippen LogP contribution >= 0.6 is 0 Å². The van der Waals surface area contributed by atoms with Crippen LogP contribution in [0.1, 0.15) is 26.7 Å². The fourth-order valence-corrected chi connectivity index (χ4v) is 2.78. The zero-order chi connectivity index (χ0) is 15.5. The van der Waals surface area contributed by atoms with Crippen LogP contribution in [0.2, 0.25) is 0 Å². The molecule has 1 aliphatic heterocycles. The van der Waals surface area contributed by atoms with Crippen LogP contribution in [0, 0.1) is 11.2 Å². The van der Waals surface area contributed by atoms with Crippen LogP contribution in [0.5, 0.6) is 0 Å². The van der Waals surface area contributed by atoms with Gasteiger partial charge in [0.15, 0.2) is 0 Å². The van der Waals surface area contributed by atoms with Gasteiger partial charge in [0.05, 0.1) is 11.7 Å². The molecular weight excluding hydrogens is 271 g/mol. The second-order valence-electron chi connectivity index (χ2n) is 6.19. The van der Waals surface area contributed by atoms with E-state index in [0.717, 1.165) is 19.4 Å². The maximum absolute atomic E-state index is 13.6. The summed E-state index contributed by atoms with van der Waals surface area (Å²) in [5, 5.41) is 12.1. The molecular formula is C16H23FN2O2. The molecule has 0 bridgehead atoms. The molecule has 2 unspecified atom stereocenters. The first-order valence-electron chi connectivity index (χ1n) is 7.35. The van der Waals surface area contributed by atoms with Gasteiger partial charge in [0, 0.05) is 18.6 Å². The number of hydrogen-bond donors (Lipinski definition) is 2. The molecule has 2 atom stereocenters. The first-order chi connectivity index (χ1) is 9.95. The van der Waals surface area contributed by atoms with E-state index >= 15 is 0 Å². The lowest BCUT2D eigenvalue weighted by atomic mass is 9.82. The van der Waals surface area contributed by atoms with Gasteiger partial charge in [-0.1, -0.05) is 19.1 Å². The van der Waals surface area contributed by atoms with E-state index in [1.807, 2.05) is 13.8 Å². The van der Waals surface area contributed by atoms with Gasteiger partial charge in [0.25, 0.3) is 0 Å². The van der Waals surface area contributed by atoms with Gasteiger partial charge in [-0.15, -0.1) is 0 Å². The highest BCUT2D eigenvalue weighted by atomic mass is 19.1. The van der Waals surface area contributed by atoms with Crippen molar-refractivity contribution in [2.75, 3.05) is 25.0 Å². The van der Waals surface area contributed by atoms with Gasteiger partial charge in [-0.2, -0.15) is 0 Å². The predicted molar refractivity (Wildman–Crippen MR) is 80.5 cm³/mol. The molecule has 0 radical (unpaired) electrons. The average Bonchev–Trinajstić information content (AvgIpc) is 2.49. The minimum atomic E-state index is -0.433. The summed E-state index contributed by atoms with van der Waals surface area (Å²) in [5.41, 5.74) is 0.0430. The molecule has 0 aliphatic carbocycles. The first-order valence-corrected chi connectivity index (χ1v) is 7.35. The molecule has 1 aliphatic rings. The second-order valence-corrected chi connectivity index (χ2v) is 6.19. The van der Waals surface area contributed by atoms with Gasteiger partial charge >= 0.3 is 0 Å². The van der Waals surface area contributed by atoms with Gasteiger partial charge in [0.1, 0.15) is 5.82 Å². The summed E-state index contributed by atoms with van der Waals surface area (Å²) in [7, 11) is 0. The van der Waals surface area contributed by atoms with E-state index in [0.29, 0.717) is 6.54 Å². The number of rotatable bonds is 4. The Morgan fingerprint density at radius 3 is 2.90 bits per heavy atom. The molecule has 1 aromatic rings. The quantitative estimate of drug-likeness (QED) is 0.895. The molecule has 0 saturated carbocycles. The van der Waals surface area contributed by atoms with Gasteiger partial charge < -0.3 is 10.4 Å². The van der Waals surface area contributed by atoms with Crippen molar-refractivity contribution >= 4 is 11.6 Å². The van der Waals surface area contributed by atoms with Crippen LogP contribution in [0.25, 0.3) is 0 Å². The fraction of sp³-hybridized carbons (Fsp3) is 0.562. The Hall–Kier alpha value is -1.46. The minimum absolute atomic E-state index is 0.116. The Morgan fingerprint density at radius 2 is 2.24 bits per heavy atom. The third-order valence-corrected chi connectivity index (χ3v) is 4.25. The Labute approximate surface area is 125 Å². The van der Waals surface area contributed by atoms with Crippen LogP contribution in [-0.2, 0) is 4.79 Å². The number of piperidine rings is 1. The minimum Gasteiger partial charge on any atom is -0.396 e. The summed E-state index contributed by atoms with van der Waals surface area (Å²) in [6, 6.07) is 5.80. The van der Waals surface area contributed by atoms with Crippen LogP contribution in [-0.4, -0.2) is 41.7 Å². The number of likely N-dealkylation sites (tertiary alicyclic amines) is 1. The van der Waals surface area contributed by atoms with Crippen molar-refractivity contribution in [1.29, 1.82) is 0 Å². The molecule has 0 aromatic heterocycles. The highest BCUT2D eigenvalue weighted by Crippen LogP contribution is 2.30. The number of amides is 1. The van der Waals surface area contributed by atoms with E-state index < -0.39 is 5.82 Å². The van der Waals surface area contributed by atoms with E-state index in [9.17, 15) is 14.3 Å². The summed E-state index contributed by atoms with van der Waals surface area (Å²) in [6.45, 7) is 5.46. The number of nitrogens with one attached hydrogen (secondary N) is 1. The Balaban J connectivity index is 2.01. The number of halogens is 1. The summed E-state index contributed by atoms with van der Waals surface area (Å²) in [5.74, 6) is -0.654. The molecule has 5 heteroatoms. The Kier molecular flexibility index (Phi) is 4.96. The summed E-state index contributed by atoms with van der Waals surface area (Å²) in [6.07, 6.45) is 1.91. The molecule has 0 spiro atoms. The van der Waals surface area contributed by atoms with Crippen molar-refractivity contribution in [1.82, 2.24) is 4.90 Å². The molecule has 1 heterocycles. The highest BCUT2D eigenvalue weighted by molar-refractivity contribution is 5.94. The van der Waals surface area contributed by atoms with E-state index in [4.69, 9.17) is 0 Å². The lowest BCUT2D eigenvalue weighted by Crippen LogP contribution is -2.51. The molecule has 4 nitrogen and oxygen atoms in total. The normalized spacial score (nSPS) is 24.6. The number of aliphatic hydroxyl groups excluding tert-OH is 1. The van der Waals surface area contributed by atoms with E-state index in [1.165, 1.54) is 6.07 Å². The van der Waals surface area contributed by atoms with Crippen molar-refractivity contribution in [3.8, 4) is 0 Å². The highest BCUT2D eigenvalue weighted by Gasteiger charge is 2.34. The fourth-order valence-electron chi connectivity index (χ4n) is 2.78. The maximum atomic E-state index is 13.6. The number of hydrogen-bond acceptors (Lipinski definition) is 3. The molecule has 1 amide bonds. The lowest BCUT2D eigenvalue weighted by molar-refractivity contribution is -0.122. The van der Waals surface area contributed by atoms with E-state index in [-0.39, 0.29) is 29.7 Å². The SMILES string of the molecule is CC(C(=O)Nc1ccccc1F)N1CCCC(C)(CO)C1. The van der Waals surface area contributed by atoms with Crippen molar-refractivity contribution in [2.24, 2.45) is 5.41 Å². The van der Waals surface area contributed by atoms with E-state index in [2.05, 4.69) is 10.2 Å². The molecule has 21 heavy (non-hydrogen) atoms. The predicted octanol–water partition coefficient (Wildman–Crippen LogP) is 2.25. The zero-order valence-electron chi connectivity index (χ0n) is 12.6. The molecule has 1 fully saturated rings. The van der Waals surface area contributed by atoms with Gasteiger partial charge in [0.2, 0.25) is 5.91 Å². The smallest absolute Gasteiger partial charge is 0.241 e. The standard InChI is InChI=1S/C16H23FN2O2/c1-12(19-9-5-8-16(2,10-19)11-20)15(21)18-14-7-4-3-6-13(14)17/h3-4,6-7,12,20H,5,8-11H2,1-2H3,(H,18,21). The van der Waals surface area contributed by atoms with Crippen LogP contribution in [0.4, 0.5) is 10.1 Å². The number of aliphatic hydroxyl groups is 1. The monoisotopic (exact) mass is 294 g/mol. The molecule has 2 N–H and O–H groups in total. The van der Waals surface area contributed by atoms with Crippen LogP contribution in [0.15, 0.2) is 24.3 Å². The largest absolute Gasteiger partial charge is 0.396 e. The summed E-state index contributed by atoms with van der Waals surface area (Å²) < 4.78 is 13.6. The number of nitrogens with zero attached hydrogens (tertiary/aromatic N) is 1. The van der Waals surface area contributed by atoms with Gasteiger partial charge in [-0.05, 0) is 38.4 Å². The number of carbonyl (C=O) groups excluding carboxylic acids is 1. The Morgan fingerprint density at radius 1 is 1.52 bits per heavy atom. The lowest BCUT2D eigenvalue weighted by Gasteiger charge is -2.41. The summed E-state index contributed by atoms with van der Waals surface area (Å²) >= 11 is 0. The Bertz CT molecular complexity index is 509. The average molecular weight is 294 g/mol. The van der Waals surface area contributed by atoms with Gasteiger partial charge in [-0.25, -0.2) is 4.39 Å². The van der Waals surface area contributed by atoms with Gasteiger partial charge in [-0.3, -0.25) is 9.69 Å². The van der Waals surface area contributed by atoms with Crippen LogP contribution in [0.3, 0.4) is 0 Å². The molecule has 1 saturated heterocycles. The third kappa shape index (κ3) is 3.80. The molecule has 1 aromatic carbocycles. The first kappa shape index (κ1) is 15.9. The second kappa shape index (κ2) is 6.54. The van der Waals surface area contributed by atoms with Crippen molar-refractivity contribution in [3.05, 3.63) is 30.1 Å². The maximum Gasteiger partial charge on any atom is 0.241 e. The van der Waals surface area contributed by atoms with Crippen LogP contribution < -0.4 is 5.32 Å². The third-order valence-electron chi connectivity index (χ3n) is 4.25. The topological polar surface area (TPSA) is 52.6 Å². The number of carbonyl (C=O) groups is 1. The number of anilines is 1. The van der Waals surface area contributed by atoms with Crippen molar-refractivity contribution in [2.45, 2.75) is 32.7 Å². The van der Waals surface area contributed by atoms with Crippen molar-refractivity contribution < 1.29 is 14.3 Å². The number of benzene rings is 1. The zero-order valence-corrected chi connectivity index (χ0v) is 12.6. The summed E-state index contributed by atoms with van der Waals surface area (Å²) in [4.78, 5) is 14.3. The molecule has 116 valence electrons.